The minimum atomic E-state index is -1.86. The maximum Gasteiger partial charge on any atom is 0.245 e. The fraction of sp³-hybridized carbons (Fsp3) is 0.357. The third-order valence-electron chi connectivity index (χ3n) is 19.8. The molecule has 3 aromatic heterocycles. The van der Waals surface area contributed by atoms with Gasteiger partial charge in [-0.3, -0.25) is 57.7 Å². The summed E-state index contributed by atoms with van der Waals surface area (Å²) in [7, 11) is 0. The van der Waals surface area contributed by atoms with Gasteiger partial charge in [-0.05, 0) is 158 Å². The molecule has 0 bridgehead atoms. The third kappa shape index (κ3) is 26.5. The number of carbonyl (C=O) groups is 11. The van der Waals surface area contributed by atoms with Crippen molar-refractivity contribution in [1.82, 2.24) is 88.1 Å². The van der Waals surface area contributed by atoms with Gasteiger partial charge < -0.3 is 91.0 Å². The van der Waals surface area contributed by atoms with E-state index >= 15 is 33.6 Å². The highest BCUT2D eigenvalue weighted by atomic mass is 35.5. The van der Waals surface area contributed by atoms with Crippen molar-refractivity contribution >= 4 is 128 Å². The molecule has 632 valence electrons. The monoisotopic (exact) mass is 1660 g/mol. The van der Waals surface area contributed by atoms with Crippen LogP contribution in [-0.4, -0.2) is 190 Å². The first kappa shape index (κ1) is 88.8. The molecular formula is C84H102ClN23O12. The van der Waals surface area contributed by atoms with E-state index in [1.807, 2.05) is 94.4 Å². The second-order valence-electron chi connectivity index (χ2n) is 30.3. The average molecular weight is 1660 g/mol. The van der Waals surface area contributed by atoms with E-state index in [0.717, 1.165) is 22.0 Å². The van der Waals surface area contributed by atoms with Crippen LogP contribution in [0.1, 0.15) is 101 Å². The number of nitrogens with one attached hydrogen (secondary N) is 14. The summed E-state index contributed by atoms with van der Waals surface area (Å²) >= 11 is 6.29. The van der Waals surface area contributed by atoms with Crippen molar-refractivity contribution in [1.29, 1.82) is 0 Å². The van der Waals surface area contributed by atoms with Gasteiger partial charge >= 0.3 is 0 Å². The van der Waals surface area contributed by atoms with Gasteiger partial charge in [0, 0.05) is 86.1 Å². The molecule has 35 nitrogen and oxygen atoms in total. The van der Waals surface area contributed by atoms with E-state index in [1.165, 1.54) is 31.1 Å². The van der Waals surface area contributed by atoms with Crippen molar-refractivity contribution in [3.8, 4) is 0 Å². The Hall–Kier alpha value is -13.6. The number of hydrogen-bond acceptors (Lipinski definition) is 22. The highest BCUT2D eigenvalue weighted by Crippen LogP contribution is 2.25. The number of anilines is 7. The summed E-state index contributed by atoms with van der Waals surface area (Å²) in [6.07, 6.45) is 2.98. The number of nitrogen functional groups attached to an aromatic ring is 2. The van der Waals surface area contributed by atoms with Gasteiger partial charge in [-0.2, -0.15) is 9.97 Å². The summed E-state index contributed by atoms with van der Waals surface area (Å²) in [5.41, 5.74) is 22.3. The number of aliphatic hydroxyl groups excluding tert-OH is 1. The number of pyridine rings is 1. The Kier molecular flexibility index (Phi) is 31.5. The number of aliphatic hydroxyl groups is 1. The predicted octanol–water partition coefficient (Wildman–Crippen LogP) is 3.66. The number of benzene rings is 6. The van der Waals surface area contributed by atoms with Crippen LogP contribution in [0.2, 0.25) is 5.02 Å². The van der Waals surface area contributed by atoms with Gasteiger partial charge in [0.05, 0.1) is 6.61 Å². The first-order chi connectivity index (χ1) is 57.5. The maximum atomic E-state index is 15.6. The summed E-state index contributed by atoms with van der Waals surface area (Å²) in [5, 5.41) is 60.7. The van der Waals surface area contributed by atoms with E-state index in [2.05, 4.69) is 99.1 Å². The molecule has 10 atom stereocenters. The minimum Gasteiger partial charge on any atom is -0.394 e. The largest absolute Gasteiger partial charge is 0.394 e. The number of aromatic nitrogens is 7. The number of amides is 11. The molecule has 4 heterocycles. The van der Waals surface area contributed by atoms with Crippen molar-refractivity contribution in [2.75, 3.05) is 40.6 Å². The van der Waals surface area contributed by atoms with Gasteiger partial charge in [0.15, 0.2) is 0 Å². The van der Waals surface area contributed by atoms with E-state index in [4.69, 9.17) is 28.8 Å². The summed E-state index contributed by atoms with van der Waals surface area (Å²) in [4.78, 5) is 173. The van der Waals surface area contributed by atoms with E-state index in [9.17, 15) is 24.3 Å². The van der Waals surface area contributed by atoms with Gasteiger partial charge in [0.25, 0.3) is 0 Å². The molecule has 120 heavy (non-hydrogen) atoms. The van der Waals surface area contributed by atoms with Crippen LogP contribution in [0.25, 0.3) is 10.8 Å². The molecule has 1 saturated heterocycles. The number of rotatable bonds is 41. The molecule has 9 aromatic rings. The van der Waals surface area contributed by atoms with Gasteiger partial charge in [-0.25, -0.2) is 10.2 Å². The van der Waals surface area contributed by atoms with Gasteiger partial charge in [0.2, 0.25) is 88.8 Å². The molecule has 10 rings (SSSR count). The molecule has 0 saturated carbocycles. The molecule has 36 heteroatoms. The highest BCUT2D eigenvalue weighted by Gasteiger charge is 2.41. The standard InChI is InChI=1S/C84H102ClN23O12/c1-46(2)37-63(72(112)95-62(34-24-50-18-28-59(29-19-50)90-47(3)4)80(120)108-36-10-14-70(108)79(119)91-48(5)71(86)111)96-74(114)66(40-52-20-30-60(31-21-52)93-83-102-81(87)104-106-83)98-76(116)67(41-53-22-32-61(33-23-53)94-84-103-82(88)105-107-84)100-78(118)69(45-109)101-77(117)68(43-55-11-9-35-89-44-55)99-75(115)65(39-51-16-26-58(85)27-17-51)97-73(113)64(92-49(6)110)42-54-15-25-56-12-7-8-13-57(56)38-54/h7-9,11-13,15-23,25-33,35,38,44,46-48,62-70,90,109H,10,14,24,34,36-37,39-43,45H2,1-6H3,(H2,86,111)(H,91,119)(H,92,110)(H,95,112)(H,96,114)(H,97,113)(H,98,116)(H,99,115)(H,100,118)(H,101,117)(H4,87,93,102,104,106)(H4,88,94,103,105,107)/t48-,62+,63+,64-,65-,66-,67+,68-,69+,70+/m1/s1. The van der Waals surface area contributed by atoms with Crippen molar-refractivity contribution in [2.45, 2.75) is 172 Å². The molecule has 1 aliphatic heterocycles. The topological polar surface area (TPSA) is 530 Å². The Bertz CT molecular complexity index is 5040. The smallest absolute Gasteiger partial charge is 0.245 e. The lowest BCUT2D eigenvalue weighted by atomic mass is 9.99. The molecule has 0 aliphatic carbocycles. The van der Waals surface area contributed by atoms with Crippen LogP contribution in [0, 0.1) is 5.92 Å². The predicted molar refractivity (Wildman–Crippen MR) is 452 cm³/mol. The normalized spacial score (nSPS) is 14.8. The summed E-state index contributed by atoms with van der Waals surface area (Å²) < 4.78 is 0. The number of aromatic amines is 2. The van der Waals surface area contributed by atoms with Crippen LogP contribution in [-0.2, 0) is 91.3 Å². The van der Waals surface area contributed by atoms with Crippen molar-refractivity contribution in [2.24, 2.45) is 11.7 Å². The van der Waals surface area contributed by atoms with Crippen molar-refractivity contribution in [3.63, 3.8) is 0 Å². The number of nitrogens with zero attached hydrogens (tertiary/aromatic N) is 6. The number of halogens is 1. The number of likely N-dealkylation sites (tertiary alicyclic amines) is 1. The van der Waals surface area contributed by atoms with Crippen molar-refractivity contribution in [3.05, 3.63) is 202 Å². The molecule has 11 amide bonds. The summed E-state index contributed by atoms with van der Waals surface area (Å²) in [6, 6.07) is 29.9. The molecule has 0 radical (unpaired) electrons. The Morgan fingerprint density at radius 3 is 1.42 bits per heavy atom. The molecule has 0 spiro atoms. The van der Waals surface area contributed by atoms with E-state index in [0.29, 0.717) is 50.6 Å². The number of H-pyrrole nitrogens is 2. The van der Waals surface area contributed by atoms with Crippen LogP contribution in [0.5, 0.6) is 0 Å². The fourth-order valence-corrected chi connectivity index (χ4v) is 13.8. The second kappa shape index (κ2) is 42.5. The number of carbonyl (C=O) groups excluding carboxylic acids is 11. The first-order valence-corrected chi connectivity index (χ1v) is 39.8. The fourth-order valence-electron chi connectivity index (χ4n) is 13.7. The second-order valence-corrected chi connectivity index (χ2v) is 30.7. The average Bonchev–Trinajstić information content (AvgIpc) is 1.58. The Labute approximate surface area is 697 Å². The zero-order chi connectivity index (χ0) is 86.1. The number of nitrogens with two attached hydrogens (primary N) is 3. The SMILES string of the molecule is CC(=O)N[C@H](Cc1ccc2ccccc2c1)C(=O)N[C@H](Cc1ccc(Cl)cc1)C(=O)N[C@H](Cc1cccnc1)C(=O)N[C@@H](CO)C(=O)N[C@@H](Cc1ccc(Nc2nc(N)n[nH]2)cc1)C(=O)N[C@H](Cc1ccc(Nc2nc(N)n[nH]2)cc1)C(=O)N[C@@H](CC(C)C)C(=O)N[C@@H](CCc1ccc(NC(C)C)cc1)C(=O)N1CCC[C@H]1C(=O)N[C@H](C)C(N)=O. The number of primary amides is 1. The third-order valence-corrected chi connectivity index (χ3v) is 20.1. The lowest BCUT2D eigenvalue weighted by Crippen LogP contribution is -2.62. The van der Waals surface area contributed by atoms with Crippen LogP contribution < -0.4 is 81.0 Å². The molecule has 1 aliphatic rings. The summed E-state index contributed by atoms with van der Waals surface area (Å²) in [5.74, 6) is -8.77. The van der Waals surface area contributed by atoms with Crippen molar-refractivity contribution < 1.29 is 57.8 Å². The lowest BCUT2D eigenvalue weighted by Gasteiger charge is -2.31. The molecule has 21 N–H and O–H groups in total. The zero-order valence-corrected chi connectivity index (χ0v) is 68.0. The first-order valence-electron chi connectivity index (χ1n) is 39.4. The Balaban J connectivity index is 0.938. The van der Waals surface area contributed by atoms with Crippen LogP contribution in [0.4, 0.5) is 40.9 Å². The Morgan fingerprint density at radius 2 is 0.942 bits per heavy atom. The van der Waals surface area contributed by atoms with Gasteiger partial charge in [-0.1, -0.05) is 123 Å². The number of fused-ring (bicyclic) bond motifs is 1. The van der Waals surface area contributed by atoms with Crippen LogP contribution >= 0.6 is 11.6 Å². The minimum absolute atomic E-state index is 0.00163. The van der Waals surface area contributed by atoms with Gasteiger partial charge in [0.1, 0.15) is 60.4 Å². The Morgan fingerprint density at radius 1 is 0.500 bits per heavy atom. The van der Waals surface area contributed by atoms with Crippen LogP contribution in [0.3, 0.4) is 0 Å². The highest BCUT2D eigenvalue weighted by molar-refractivity contribution is 6.30. The number of hydrogen-bond donors (Lipinski definition) is 18. The summed E-state index contributed by atoms with van der Waals surface area (Å²) in [6.45, 7) is 9.39. The lowest BCUT2D eigenvalue weighted by molar-refractivity contribution is -0.142. The van der Waals surface area contributed by atoms with E-state index < -0.39 is 132 Å². The quantitative estimate of drug-likeness (QED) is 0.0260. The molecule has 0 unspecified atom stereocenters. The van der Waals surface area contributed by atoms with E-state index in [-0.39, 0.29) is 100 Å². The van der Waals surface area contributed by atoms with Gasteiger partial charge in [-0.15, -0.1) is 10.2 Å². The number of aryl methyl sites for hydroxylation is 1. The molecule has 6 aromatic carbocycles. The van der Waals surface area contributed by atoms with Crippen LogP contribution in [0.15, 0.2) is 164 Å². The molecular weight excluding hydrogens is 1560 g/mol. The van der Waals surface area contributed by atoms with E-state index in [1.54, 1.807) is 84.9 Å². The molecule has 1 fully saturated rings. The maximum absolute atomic E-state index is 15.6. The zero-order valence-electron chi connectivity index (χ0n) is 67.2.